The van der Waals surface area contributed by atoms with E-state index in [9.17, 15) is 23.1 Å². The van der Waals surface area contributed by atoms with E-state index >= 15 is 0 Å². The van der Waals surface area contributed by atoms with Crippen LogP contribution in [0.3, 0.4) is 0 Å². The zero-order chi connectivity index (χ0) is 18.6. The quantitative estimate of drug-likeness (QED) is 0.826. The highest BCUT2D eigenvalue weighted by molar-refractivity contribution is 7.89. The van der Waals surface area contributed by atoms with Crippen molar-refractivity contribution in [3.63, 3.8) is 0 Å². The summed E-state index contributed by atoms with van der Waals surface area (Å²) in [6, 6.07) is 4.98. The van der Waals surface area contributed by atoms with Crippen LogP contribution in [0.5, 0.6) is 0 Å². The number of likely N-dealkylation sites (tertiary alicyclic amines) is 1. The van der Waals surface area contributed by atoms with E-state index in [1.807, 2.05) is 0 Å². The molecule has 1 saturated heterocycles. The van der Waals surface area contributed by atoms with Crippen molar-refractivity contribution in [3.05, 3.63) is 29.8 Å². The standard InChI is InChI=1S/C17H24N2O5S/c1-3-18(4-2)25(23,24)14-9-7-8-13(12-14)16(20)19-11-6-5-10-15(19)17(21)22/h7-9,12,15H,3-6,10-11H2,1-2H3,(H,21,22). The van der Waals surface area contributed by atoms with Crippen LogP contribution < -0.4 is 0 Å². The lowest BCUT2D eigenvalue weighted by Crippen LogP contribution is -2.48. The van der Waals surface area contributed by atoms with Gasteiger partial charge in [-0.3, -0.25) is 4.79 Å². The van der Waals surface area contributed by atoms with Crippen molar-refractivity contribution < 1.29 is 23.1 Å². The monoisotopic (exact) mass is 368 g/mol. The molecular formula is C17H24N2O5S. The summed E-state index contributed by atoms with van der Waals surface area (Å²) in [5.41, 5.74) is 0.196. The van der Waals surface area contributed by atoms with Crippen molar-refractivity contribution in [1.82, 2.24) is 9.21 Å². The number of carbonyl (C=O) groups excluding carboxylic acids is 1. The maximum absolute atomic E-state index is 12.8. The third kappa shape index (κ3) is 4.01. The number of sulfonamides is 1. The molecule has 1 aromatic rings. The minimum Gasteiger partial charge on any atom is -0.480 e. The Hall–Kier alpha value is -1.93. The van der Waals surface area contributed by atoms with Gasteiger partial charge in [0.05, 0.1) is 4.90 Å². The van der Waals surface area contributed by atoms with Crippen molar-refractivity contribution in [1.29, 1.82) is 0 Å². The second kappa shape index (κ2) is 7.97. The van der Waals surface area contributed by atoms with Crippen LogP contribution in [-0.4, -0.2) is 60.3 Å². The third-order valence-corrected chi connectivity index (χ3v) is 6.52. The fraction of sp³-hybridized carbons (Fsp3) is 0.529. The molecule has 1 atom stereocenters. The third-order valence-electron chi connectivity index (χ3n) is 4.47. The minimum atomic E-state index is -3.67. The second-order valence-electron chi connectivity index (χ2n) is 5.97. The molecule has 0 radical (unpaired) electrons. The van der Waals surface area contributed by atoms with E-state index in [-0.39, 0.29) is 10.5 Å². The fourth-order valence-corrected chi connectivity index (χ4v) is 4.60. The predicted octanol–water partition coefficient (Wildman–Crippen LogP) is 1.80. The van der Waals surface area contributed by atoms with E-state index in [0.29, 0.717) is 26.1 Å². The lowest BCUT2D eigenvalue weighted by Gasteiger charge is -2.33. The Morgan fingerprint density at radius 3 is 2.52 bits per heavy atom. The molecule has 25 heavy (non-hydrogen) atoms. The van der Waals surface area contributed by atoms with Gasteiger partial charge >= 0.3 is 5.97 Å². The van der Waals surface area contributed by atoms with E-state index in [1.54, 1.807) is 13.8 Å². The predicted molar refractivity (Wildman–Crippen MR) is 92.9 cm³/mol. The Labute approximate surface area is 148 Å². The number of hydrogen-bond donors (Lipinski definition) is 1. The Bertz CT molecular complexity index is 743. The SMILES string of the molecule is CCN(CC)S(=O)(=O)c1cccc(C(=O)N2CCCCC2C(=O)O)c1. The molecule has 138 valence electrons. The number of hydrogen-bond acceptors (Lipinski definition) is 4. The average molecular weight is 368 g/mol. The minimum absolute atomic E-state index is 0.0472. The van der Waals surface area contributed by atoms with Crippen LogP contribution >= 0.6 is 0 Å². The summed E-state index contributed by atoms with van der Waals surface area (Å²) >= 11 is 0. The first-order valence-electron chi connectivity index (χ1n) is 8.46. The number of piperidine rings is 1. The van der Waals surface area contributed by atoms with E-state index in [2.05, 4.69) is 0 Å². The van der Waals surface area contributed by atoms with E-state index < -0.39 is 27.9 Å². The Kier molecular flexibility index (Phi) is 6.18. The molecule has 0 aliphatic carbocycles. The van der Waals surface area contributed by atoms with Crippen LogP contribution in [0.15, 0.2) is 29.2 Å². The summed E-state index contributed by atoms with van der Waals surface area (Å²) in [7, 11) is -3.67. The molecule has 0 saturated carbocycles. The highest BCUT2D eigenvalue weighted by atomic mass is 32.2. The van der Waals surface area contributed by atoms with Gasteiger partial charge in [-0.05, 0) is 37.5 Å². The fourth-order valence-electron chi connectivity index (χ4n) is 3.10. The zero-order valence-corrected chi connectivity index (χ0v) is 15.3. The van der Waals surface area contributed by atoms with Gasteiger partial charge in [0.2, 0.25) is 10.0 Å². The first kappa shape index (κ1) is 19.4. The Balaban J connectivity index is 2.35. The van der Waals surface area contributed by atoms with Crippen LogP contribution in [0.2, 0.25) is 0 Å². The van der Waals surface area contributed by atoms with Crippen molar-refractivity contribution >= 4 is 21.9 Å². The maximum atomic E-state index is 12.8. The first-order valence-corrected chi connectivity index (χ1v) is 9.90. The summed E-state index contributed by atoms with van der Waals surface area (Å²) in [6.45, 7) is 4.54. The van der Waals surface area contributed by atoms with Gasteiger partial charge in [-0.25, -0.2) is 13.2 Å². The lowest BCUT2D eigenvalue weighted by molar-refractivity contribution is -0.143. The van der Waals surface area contributed by atoms with Gasteiger partial charge in [-0.15, -0.1) is 0 Å². The number of benzene rings is 1. The molecule has 1 N–H and O–H groups in total. The number of aliphatic carboxylic acids is 1. The van der Waals surface area contributed by atoms with Gasteiger partial charge in [0, 0.05) is 25.2 Å². The Morgan fingerprint density at radius 1 is 1.24 bits per heavy atom. The van der Waals surface area contributed by atoms with Crippen molar-refractivity contribution in [3.8, 4) is 0 Å². The molecule has 1 aliphatic heterocycles. The Morgan fingerprint density at radius 2 is 1.92 bits per heavy atom. The molecule has 1 aromatic carbocycles. The van der Waals surface area contributed by atoms with Gasteiger partial charge < -0.3 is 10.0 Å². The summed E-state index contributed by atoms with van der Waals surface area (Å²) in [5, 5.41) is 9.33. The van der Waals surface area contributed by atoms with Crippen LogP contribution in [0, 0.1) is 0 Å². The van der Waals surface area contributed by atoms with Gasteiger partial charge in [0.25, 0.3) is 5.91 Å². The zero-order valence-electron chi connectivity index (χ0n) is 14.5. The highest BCUT2D eigenvalue weighted by Crippen LogP contribution is 2.22. The van der Waals surface area contributed by atoms with E-state index in [0.717, 1.165) is 12.8 Å². The molecule has 8 heteroatoms. The molecule has 1 aliphatic rings. The molecule has 1 amide bonds. The average Bonchev–Trinajstić information content (AvgIpc) is 2.62. The molecule has 7 nitrogen and oxygen atoms in total. The van der Waals surface area contributed by atoms with Crippen LogP contribution in [-0.2, 0) is 14.8 Å². The normalized spacial score (nSPS) is 18.4. The molecule has 0 bridgehead atoms. The largest absolute Gasteiger partial charge is 0.480 e. The number of carbonyl (C=O) groups is 2. The smallest absolute Gasteiger partial charge is 0.326 e. The topological polar surface area (TPSA) is 95.0 Å². The molecule has 1 heterocycles. The number of carboxylic acids is 1. The van der Waals surface area contributed by atoms with Gasteiger partial charge in [-0.1, -0.05) is 19.9 Å². The summed E-state index contributed by atoms with van der Waals surface area (Å²) < 4.78 is 26.6. The van der Waals surface area contributed by atoms with Crippen LogP contribution in [0.1, 0.15) is 43.5 Å². The van der Waals surface area contributed by atoms with Crippen molar-refractivity contribution in [2.75, 3.05) is 19.6 Å². The van der Waals surface area contributed by atoms with Crippen molar-refractivity contribution in [2.24, 2.45) is 0 Å². The van der Waals surface area contributed by atoms with Crippen LogP contribution in [0.25, 0.3) is 0 Å². The molecule has 2 rings (SSSR count). The highest BCUT2D eigenvalue weighted by Gasteiger charge is 2.33. The molecule has 1 unspecified atom stereocenters. The molecule has 0 aromatic heterocycles. The lowest BCUT2D eigenvalue weighted by atomic mass is 10.0. The molecular weight excluding hydrogens is 344 g/mol. The first-order chi connectivity index (χ1) is 11.8. The number of carboxylic acid groups (broad SMARTS) is 1. The van der Waals surface area contributed by atoms with Gasteiger partial charge in [0.1, 0.15) is 6.04 Å². The molecule has 1 fully saturated rings. The molecule has 0 spiro atoms. The van der Waals surface area contributed by atoms with E-state index in [1.165, 1.54) is 33.5 Å². The van der Waals surface area contributed by atoms with Gasteiger partial charge in [-0.2, -0.15) is 4.31 Å². The van der Waals surface area contributed by atoms with Crippen LogP contribution in [0.4, 0.5) is 0 Å². The van der Waals surface area contributed by atoms with E-state index in [4.69, 9.17) is 0 Å². The number of rotatable bonds is 6. The summed E-state index contributed by atoms with van der Waals surface area (Å²) in [4.78, 5) is 25.5. The number of nitrogens with zero attached hydrogens (tertiary/aromatic N) is 2. The number of amides is 1. The summed E-state index contributed by atoms with van der Waals surface area (Å²) in [6.07, 6.45) is 1.92. The maximum Gasteiger partial charge on any atom is 0.326 e. The van der Waals surface area contributed by atoms with Gasteiger partial charge in [0.15, 0.2) is 0 Å². The van der Waals surface area contributed by atoms with Crippen molar-refractivity contribution in [2.45, 2.75) is 44.0 Å². The summed E-state index contributed by atoms with van der Waals surface area (Å²) in [5.74, 6) is -1.47. The second-order valence-corrected chi connectivity index (χ2v) is 7.90.